The number of ketones is 1. The number of Topliss-reactive ketones (excluding diaryl/α,β-unsaturated/α-hetero) is 1. The van der Waals surface area contributed by atoms with Crippen LogP contribution in [0.2, 0.25) is 0 Å². The summed E-state index contributed by atoms with van der Waals surface area (Å²) in [5.74, 6) is 0.186. The molecule has 0 saturated carbocycles. The highest BCUT2D eigenvalue weighted by Crippen LogP contribution is 2.54. The average molecular weight is 446 g/mol. The van der Waals surface area contributed by atoms with Gasteiger partial charge in [0, 0.05) is 28.8 Å². The summed E-state index contributed by atoms with van der Waals surface area (Å²) < 4.78 is 6.58. The topological polar surface area (TPSA) is 81.8 Å². The third-order valence-electron chi connectivity index (χ3n) is 6.46. The van der Waals surface area contributed by atoms with Crippen molar-refractivity contribution in [3.63, 3.8) is 0 Å². The van der Waals surface area contributed by atoms with Gasteiger partial charge in [-0.2, -0.15) is 0 Å². The number of benzene rings is 4. The van der Waals surface area contributed by atoms with E-state index in [4.69, 9.17) is 9.73 Å². The van der Waals surface area contributed by atoms with Crippen molar-refractivity contribution in [3.8, 4) is 11.1 Å². The van der Waals surface area contributed by atoms with Gasteiger partial charge < -0.3 is 4.74 Å². The molecule has 0 amide bonds. The molecule has 0 aromatic heterocycles. The van der Waals surface area contributed by atoms with E-state index < -0.39 is 16.6 Å². The van der Waals surface area contributed by atoms with Crippen LogP contribution in [-0.4, -0.2) is 16.6 Å². The Bertz CT molecular complexity index is 1480. The van der Waals surface area contributed by atoms with Crippen LogP contribution in [-0.2, 0) is 10.3 Å². The second-order valence-corrected chi connectivity index (χ2v) is 8.31. The van der Waals surface area contributed by atoms with Crippen molar-refractivity contribution >= 4 is 17.4 Å². The molecule has 4 aromatic carbocycles. The summed E-state index contributed by atoms with van der Waals surface area (Å²) in [5.41, 5.74) is 3.04. The Morgan fingerprint density at radius 2 is 1.38 bits per heavy atom. The van der Waals surface area contributed by atoms with Crippen LogP contribution in [0.5, 0.6) is 0 Å². The lowest BCUT2D eigenvalue weighted by Crippen LogP contribution is -2.44. The second-order valence-electron chi connectivity index (χ2n) is 8.31. The van der Waals surface area contributed by atoms with E-state index in [-0.39, 0.29) is 11.5 Å². The molecule has 6 rings (SSSR count). The van der Waals surface area contributed by atoms with Crippen LogP contribution >= 0.6 is 0 Å². The van der Waals surface area contributed by atoms with Crippen molar-refractivity contribution < 1.29 is 14.5 Å². The van der Waals surface area contributed by atoms with E-state index in [9.17, 15) is 14.9 Å². The maximum Gasteiger partial charge on any atom is 0.269 e. The first-order chi connectivity index (χ1) is 16.6. The third-order valence-corrected chi connectivity index (χ3v) is 6.46. The molecule has 0 bridgehead atoms. The van der Waals surface area contributed by atoms with Crippen LogP contribution < -0.4 is 0 Å². The van der Waals surface area contributed by atoms with Crippen LogP contribution in [0.4, 0.5) is 5.69 Å². The van der Waals surface area contributed by atoms with Crippen molar-refractivity contribution in [2.75, 3.05) is 0 Å². The number of fused-ring (bicyclic) bond motifs is 4. The van der Waals surface area contributed by atoms with E-state index in [1.54, 1.807) is 12.1 Å². The number of aliphatic imine (C=N–C) groups is 1. The van der Waals surface area contributed by atoms with Crippen molar-refractivity contribution in [3.05, 3.63) is 135 Å². The molecule has 34 heavy (non-hydrogen) atoms. The van der Waals surface area contributed by atoms with Gasteiger partial charge in [0.2, 0.25) is 17.3 Å². The molecule has 164 valence electrons. The first-order valence-corrected chi connectivity index (χ1v) is 10.9. The maximum absolute atomic E-state index is 14.2. The lowest BCUT2D eigenvalue weighted by atomic mass is 9.70. The van der Waals surface area contributed by atoms with E-state index in [0.29, 0.717) is 17.0 Å². The standard InChI is InChI=1S/C28H18N2O4/c31-26-23-12-5-4-10-21(23)22-11-6-7-13-24(22)28(26)25(18-14-16-20(17-15-18)30(32)33)29-27(34-28)19-8-2-1-3-9-19/h1-17,25H/t25-,28-/m1/s1. The summed E-state index contributed by atoms with van der Waals surface area (Å²) in [6.45, 7) is 0. The van der Waals surface area contributed by atoms with E-state index in [0.717, 1.165) is 22.3 Å². The van der Waals surface area contributed by atoms with Gasteiger partial charge in [0.25, 0.3) is 5.69 Å². The fraction of sp³-hybridized carbons (Fsp3) is 0.0714. The Balaban J connectivity index is 1.61. The molecule has 0 radical (unpaired) electrons. The quantitative estimate of drug-likeness (QED) is 0.291. The van der Waals surface area contributed by atoms with Crippen LogP contribution in [0.3, 0.4) is 0 Å². The van der Waals surface area contributed by atoms with Crippen molar-refractivity contribution in [1.29, 1.82) is 0 Å². The molecule has 1 spiro atoms. The minimum absolute atomic E-state index is 0.0234. The van der Waals surface area contributed by atoms with Gasteiger partial charge in [0.1, 0.15) is 6.04 Å². The van der Waals surface area contributed by atoms with Gasteiger partial charge in [-0.05, 0) is 41.0 Å². The second kappa shape index (κ2) is 7.49. The van der Waals surface area contributed by atoms with Crippen molar-refractivity contribution in [1.82, 2.24) is 0 Å². The Hall–Kier alpha value is -4.58. The van der Waals surface area contributed by atoms with Gasteiger partial charge in [-0.3, -0.25) is 14.9 Å². The predicted octanol–water partition coefficient (Wildman–Crippen LogP) is 5.87. The smallest absolute Gasteiger partial charge is 0.269 e. The number of carbonyl (C=O) groups is 1. The number of carbonyl (C=O) groups excluding carboxylic acids is 1. The fourth-order valence-corrected chi connectivity index (χ4v) is 4.90. The number of non-ortho nitro benzene ring substituents is 1. The summed E-state index contributed by atoms with van der Waals surface area (Å²) in [4.78, 5) is 29.9. The van der Waals surface area contributed by atoms with Crippen molar-refractivity contribution in [2.45, 2.75) is 11.6 Å². The molecule has 4 aromatic rings. The van der Waals surface area contributed by atoms with Gasteiger partial charge in [-0.1, -0.05) is 66.7 Å². The number of rotatable bonds is 3. The zero-order chi connectivity index (χ0) is 23.3. The molecule has 2 atom stereocenters. The van der Waals surface area contributed by atoms with Gasteiger partial charge >= 0.3 is 0 Å². The molecule has 0 fully saturated rings. The first kappa shape index (κ1) is 20.1. The number of ether oxygens (including phenoxy) is 1. The van der Waals surface area contributed by atoms with Crippen molar-refractivity contribution in [2.24, 2.45) is 4.99 Å². The Kier molecular flexibility index (Phi) is 4.42. The summed E-state index contributed by atoms with van der Waals surface area (Å²) in [6.07, 6.45) is 0. The average Bonchev–Trinajstić information content (AvgIpc) is 3.29. The minimum Gasteiger partial charge on any atom is -0.455 e. The van der Waals surface area contributed by atoms with Crippen LogP contribution in [0, 0.1) is 10.1 Å². The molecule has 0 unspecified atom stereocenters. The highest BCUT2D eigenvalue weighted by Gasteiger charge is 2.58. The molecule has 2 aliphatic rings. The van der Waals surface area contributed by atoms with Crippen LogP contribution in [0.25, 0.3) is 11.1 Å². The zero-order valence-corrected chi connectivity index (χ0v) is 17.9. The molecule has 0 saturated heterocycles. The number of nitrogens with zero attached hydrogens (tertiary/aromatic N) is 2. The first-order valence-electron chi connectivity index (χ1n) is 10.9. The number of nitro groups is 1. The minimum atomic E-state index is -1.42. The van der Waals surface area contributed by atoms with E-state index in [1.165, 1.54) is 12.1 Å². The van der Waals surface area contributed by atoms with Gasteiger partial charge in [-0.15, -0.1) is 0 Å². The van der Waals surface area contributed by atoms with Gasteiger partial charge in [0.15, 0.2) is 0 Å². The zero-order valence-electron chi connectivity index (χ0n) is 17.9. The highest BCUT2D eigenvalue weighted by atomic mass is 16.6. The maximum atomic E-state index is 14.2. The normalized spacial score (nSPS) is 20.3. The predicted molar refractivity (Wildman–Crippen MR) is 128 cm³/mol. The molecule has 1 heterocycles. The number of hydrogen-bond acceptors (Lipinski definition) is 5. The van der Waals surface area contributed by atoms with Gasteiger partial charge in [-0.25, -0.2) is 4.99 Å². The van der Waals surface area contributed by atoms with E-state index >= 15 is 0 Å². The van der Waals surface area contributed by atoms with Gasteiger partial charge in [0.05, 0.1) is 4.92 Å². The lowest BCUT2D eigenvalue weighted by Gasteiger charge is -2.38. The molecule has 0 N–H and O–H groups in total. The summed E-state index contributed by atoms with van der Waals surface area (Å²) in [7, 11) is 0. The molecule has 1 aliphatic heterocycles. The Labute approximate surface area is 195 Å². The molecular formula is C28H18N2O4. The van der Waals surface area contributed by atoms with Crippen LogP contribution in [0.1, 0.15) is 33.1 Å². The van der Waals surface area contributed by atoms with E-state index in [1.807, 2.05) is 78.9 Å². The summed E-state index contributed by atoms with van der Waals surface area (Å²) in [5, 5.41) is 11.2. The summed E-state index contributed by atoms with van der Waals surface area (Å²) in [6, 6.07) is 30.1. The summed E-state index contributed by atoms with van der Waals surface area (Å²) >= 11 is 0. The fourth-order valence-electron chi connectivity index (χ4n) is 4.90. The molecular weight excluding hydrogens is 428 g/mol. The third kappa shape index (κ3) is 2.82. The largest absolute Gasteiger partial charge is 0.455 e. The molecule has 1 aliphatic carbocycles. The lowest BCUT2D eigenvalue weighted by molar-refractivity contribution is -0.384. The highest BCUT2D eigenvalue weighted by molar-refractivity contribution is 6.15. The molecule has 6 heteroatoms. The molecule has 6 nitrogen and oxygen atoms in total. The Morgan fingerprint density at radius 1 is 0.765 bits per heavy atom. The van der Waals surface area contributed by atoms with E-state index in [2.05, 4.69) is 0 Å². The monoisotopic (exact) mass is 446 g/mol. The number of hydrogen-bond donors (Lipinski definition) is 0. The SMILES string of the molecule is O=C1c2ccccc2-c2ccccc2[C@]12OC(c1ccccc1)=N[C@@H]2c1ccc([N+](=O)[O-])cc1. The number of nitro benzene ring substituents is 1. The Morgan fingerprint density at radius 3 is 2.09 bits per heavy atom. The van der Waals surface area contributed by atoms with Crippen LogP contribution in [0.15, 0.2) is 108 Å².